The zero-order chi connectivity index (χ0) is 37.5. The molecule has 0 radical (unpaired) electrons. The molecule has 0 spiro atoms. The van der Waals surface area contributed by atoms with Gasteiger partial charge >= 0.3 is 0 Å². The normalized spacial score (nSPS) is 14.5. The van der Waals surface area contributed by atoms with Gasteiger partial charge in [-0.25, -0.2) is 9.98 Å². The summed E-state index contributed by atoms with van der Waals surface area (Å²) < 4.78 is 11.2. The Morgan fingerprint density at radius 1 is 0.561 bits per heavy atom. The molecule has 1 N–H and O–H groups in total. The number of benzene rings is 7. The van der Waals surface area contributed by atoms with Gasteiger partial charge in [-0.3, -0.25) is 4.98 Å². The van der Waals surface area contributed by atoms with Crippen molar-refractivity contribution in [1.29, 1.82) is 0 Å². The predicted molar refractivity (Wildman–Crippen MR) is 236 cm³/mol. The molecule has 1 unspecified atom stereocenters. The van der Waals surface area contributed by atoms with Crippen LogP contribution in [0.2, 0.25) is 0 Å². The molecule has 5 heterocycles. The molecular weight excluding hydrogens is 719 g/mol. The van der Waals surface area contributed by atoms with E-state index in [-0.39, 0.29) is 6.17 Å². The molecule has 6 nitrogen and oxygen atoms in total. The molecule has 12 rings (SSSR count). The molecule has 0 fully saturated rings. The number of nitrogens with zero attached hydrogens (tertiary/aromatic N) is 4. The molecule has 7 heteroatoms. The van der Waals surface area contributed by atoms with Gasteiger partial charge in [-0.2, -0.15) is 0 Å². The Morgan fingerprint density at radius 2 is 1.30 bits per heavy atom. The summed E-state index contributed by atoms with van der Waals surface area (Å²) in [6.07, 6.45) is 3.56. The van der Waals surface area contributed by atoms with Crippen LogP contribution < -0.4 is 5.32 Å². The van der Waals surface area contributed by atoms with E-state index in [9.17, 15) is 0 Å². The van der Waals surface area contributed by atoms with Crippen molar-refractivity contribution in [3.05, 3.63) is 193 Å². The van der Waals surface area contributed by atoms with Crippen molar-refractivity contribution >= 4 is 86.9 Å². The maximum absolute atomic E-state index is 6.58. The summed E-state index contributed by atoms with van der Waals surface area (Å²) in [5, 5.41) is 10.4. The average Bonchev–Trinajstić information content (AvgIpc) is 3.96. The molecule has 4 aromatic heterocycles. The van der Waals surface area contributed by atoms with Crippen LogP contribution in [0.4, 0.5) is 0 Å². The van der Waals surface area contributed by atoms with Crippen LogP contribution in [0.5, 0.6) is 0 Å². The van der Waals surface area contributed by atoms with Gasteiger partial charge in [0.25, 0.3) is 0 Å². The van der Waals surface area contributed by atoms with E-state index in [1.54, 1.807) is 11.3 Å². The summed E-state index contributed by atoms with van der Waals surface area (Å²) in [5.74, 6) is 1.42. The van der Waals surface area contributed by atoms with Crippen molar-refractivity contribution in [3.63, 3.8) is 0 Å². The zero-order valence-corrected chi connectivity index (χ0v) is 31.2. The van der Waals surface area contributed by atoms with Crippen LogP contribution >= 0.6 is 11.3 Å². The van der Waals surface area contributed by atoms with Gasteiger partial charge in [0.15, 0.2) is 5.84 Å². The fourth-order valence-corrected chi connectivity index (χ4v) is 9.59. The van der Waals surface area contributed by atoms with Crippen LogP contribution in [-0.2, 0) is 0 Å². The summed E-state index contributed by atoms with van der Waals surface area (Å²) >= 11 is 1.75. The Bertz CT molecular complexity index is 3430. The highest BCUT2D eigenvalue weighted by Crippen LogP contribution is 2.43. The molecule has 7 aromatic carbocycles. The minimum absolute atomic E-state index is 0.328. The Morgan fingerprint density at radius 3 is 2.16 bits per heavy atom. The van der Waals surface area contributed by atoms with Crippen LogP contribution in [0.15, 0.2) is 191 Å². The molecule has 1 aliphatic rings. The van der Waals surface area contributed by atoms with E-state index in [4.69, 9.17) is 19.4 Å². The topological polar surface area (TPSA) is 67.7 Å². The zero-order valence-electron chi connectivity index (χ0n) is 30.4. The number of amidine groups is 2. The van der Waals surface area contributed by atoms with Crippen molar-refractivity contribution in [1.82, 2.24) is 14.9 Å². The van der Waals surface area contributed by atoms with Crippen molar-refractivity contribution in [2.24, 2.45) is 9.98 Å². The number of furan rings is 1. The number of rotatable bonds is 5. The van der Waals surface area contributed by atoms with E-state index in [0.29, 0.717) is 5.84 Å². The molecular formula is C50H31N5OS. The largest absolute Gasteiger partial charge is 0.455 e. The second kappa shape index (κ2) is 12.6. The SMILES string of the molecule is c1ccc(-c2ccc(C3=NC(c4cncc5sc6ccc(-n7c8ccccc8c8c9oc%10ccccc%10c9ccc87)cc6c45)=NC(c4ccccc4)N3)cc2)cc1. The van der Waals surface area contributed by atoms with Crippen LogP contribution in [0.3, 0.4) is 0 Å². The predicted octanol–water partition coefficient (Wildman–Crippen LogP) is 12.6. The lowest BCUT2D eigenvalue weighted by atomic mass is 10.0. The van der Waals surface area contributed by atoms with Crippen LogP contribution in [0, 0.1) is 0 Å². The fraction of sp³-hybridized carbons (Fsp3) is 0.0200. The van der Waals surface area contributed by atoms with E-state index < -0.39 is 0 Å². The highest BCUT2D eigenvalue weighted by Gasteiger charge is 2.24. The van der Waals surface area contributed by atoms with Gasteiger partial charge in [0.1, 0.15) is 23.2 Å². The summed E-state index contributed by atoms with van der Waals surface area (Å²) in [6.45, 7) is 0. The third kappa shape index (κ3) is 5.06. The summed E-state index contributed by atoms with van der Waals surface area (Å²) in [6, 6.07) is 57.5. The maximum Gasteiger partial charge on any atom is 0.161 e. The Kier molecular flexibility index (Phi) is 7.06. The van der Waals surface area contributed by atoms with Crippen molar-refractivity contribution in [2.75, 3.05) is 0 Å². The maximum atomic E-state index is 6.58. The van der Waals surface area contributed by atoms with E-state index in [1.807, 2.05) is 36.7 Å². The van der Waals surface area contributed by atoms with E-state index in [0.717, 1.165) is 93.0 Å². The Balaban J connectivity index is 1.04. The third-order valence-electron chi connectivity index (χ3n) is 11.2. The first-order valence-electron chi connectivity index (χ1n) is 19.0. The molecule has 1 aliphatic heterocycles. The van der Waals surface area contributed by atoms with Crippen molar-refractivity contribution in [3.8, 4) is 16.8 Å². The number of thiophene rings is 1. The lowest BCUT2D eigenvalue weighted by Crippen LogP contribution is -2.33. The van der Waals surface area contributed by atoms with E-state index >= 15 is 0 Å². The van der Waals surface area contributed by atoms with Crippen molar-refractivity contribution in [2.45, 2.75) is 6.17 Å². The number of hydrogen-bond acceptors (Lipinski definition) is 6. The van der Waals surface area contributed by atoms with Gasteiger partial charge in [0.05, 0.1) is 21.1 Å². The first-order valence-corrected chi connectivity index (χ1v) is 19.9. The number of pyridine rings is 1. The summed E-state index contributed by atoms with van der Waals surface area (Å²) in [4.78, 5) is 15.3. The van der Waals surface area contributed by atoms with Gasteiger partial charge in [-0.1, -0.05) is 121 Å². The molecule has 0 aliphatic carbocycles. The quantitative estimate of drug-likeness (QED) is 0.190. The van der Waals surface area contributed by atoms with Gasteiger partial charge in [-0.15, -0.1) is 11.3 Å². The lowest BCUT2D eigenvalue weighted by molar-refractivity contribution is 0.673. The van der Waals surface area contributed by atoms with Gasteiger partial charge in [0.2, 0.25) is 0 Å². The highest BCUT2D eigenvalue weighted by molar-refractivity contribution is 7.25. The highest BCUT2D eigenvalue weighted by atomic mass is 32.1. The van der Waals surface area contributed by atoms with E-state index in [1.165, 1.54) is 10.3 Å². The summed E-state index contributed by atoms with van der Waals surface area (Å²) in [7, 11) is 0. The number of para-hydroxylation sites is 2. The van der Waals surface area contributed by atoms with Crippen LogP contribution in [0.1, 0.15) is 22.9 Å². The molecule has 0 amide bonds. The fourth-order valence-electron chi connectivity index (χ4n) is 8.51. The standard InChI is InChI=1S/C50H31N5OS/c1-3-11-30(12-4-1)31-19-21-33(22-20-31)49-52-48(32-13-5-2-6-14-32)53-50(54-49)39-28-51-29-44-45(39)38-27-34(23-26-43(38)57-44)55-40-17-9-7-16-37(40)46-41(55)25-24-36-35-15-8-10-18-42(35)56-47(36)46/h1-29,48H,(H,52,53,54). The second-order valence-corrected chi connectivity index (χ2v) is 15.5. The molecule has 57 heavy (non-hydrogen) atoms. The number of nitrogens with one attached hydrogen (secondary N) is 1. The second-order valence-electron chi connectivity index (χ2n) is 14.4. The molecule has 0 bridgehead atoms. The summed E-state index contributed by atoms with van der Waals surface area (Å²) in [5.41, 5.74) is 10.4. The molecule has 268 valence electrons. The Labute approximate surface area is 330 Å². The Hall–Kier alpha value is -7.35. The van der Waals surface area contributed by atoms with Gasteiger partial charge in [-0.05, 0) is 59.2 Å². The smallest absolute Gasteiger partial charge is 0.161 e. The first-order chi connectivity index (χ1) is 28.2. The number of aliphatic imine (C=N–C) groups is 2. The first kappa shape index (κ1) is 31.9. The van der Waals surface area contributed by atoms with Crippen LogP contribution in [-0.4, -0.2) is 21.2 Å². The van der Waals surface area contributed by atoms with Gasteiger partial charge in [0, 0.05) is 60.8 Å². The number of fused-ring (bicyclic) bond motifs is 10. The van der Waals surface area contributed by atoms with E-state index in [2.05, 4.69) is 149 Å². The van der Waals surface area contributed by atoms with Crippen molar-refractivity contribution < 1.29 is 4.42 Å². The van der Waals surface area contributed by atoms with Crippen LogP contribution in [0.25, 0.3) is 80.7 Å². The molecule has 1 atom stereocenters. The lowest BCUT2D eigenvalue weighted by Gasteiger charge is -2.24. The third-order valence-corrected chi connectivity index (χ3v) is 12.3. The van der Waals surface area contributed by atoms with Gasteiger partial charge < -0.3 is 14.3 Å². The monoisotopic (exact) mass is 749 g/mol. The minimum atomic E-state index is -0.328. The minimum Gasteiger partial charge on any atom is -0.455 e. The number of aromatic nitrogens is 2. The molecule has 0 saturated carbocycles. The average molecular weight is 750 g/mol. The molecule has 0 saturated heterocycles. The number of hydrogen-bond donors (Lipinski definition) is 1. The molecule has 11 aromatic rings.